The first kappa shape index (κ1) is 56.7. The zero-order valence-electron chi connectivity index (χ0n) is 51.8. The van der Waals surface area contributed by atoms with Crippen LogP contribution in [0, 0.1) is 25.7 Å². The summed E-state index contributed by atoms with van der Waals surface area (Å²) in [5.41, 5.74) is 20.0. The van der Waals surface area contributed by atoms with Gasteiger partial charge in [-0.2, -0.15) is 18.8 Å². The predicted molar refractivity (Wildman–Crippen MR) is 358 cm³/mol. The first-order valence-corrected chi connectivity index (χ1v) is 29.9. The quantitative estimate of drug-likeness (QED) is 0.149. The topological polar surface area (TPSA) is 43.4 Å². The Balaban J connectivity index is 0.00000686. The number of hydrogen-bond acceptors (Lipinski definition) is 4. The predicted octanol–water partition coefficient (Wildman–Crippen LogP) is 20.6. The number of nitrogens with zero attached hydrogens (tertiary/aromatic N) is 6. The molecule has 14 rings (SSSR count). The van der Waals surface area contributed by atoms with Gasteiger partial charge in [-0.1, -0.05) is 174 Å². The molecule has 0 saturated carbocycles. The van der Waals surface area contributed by atoms with Crippen molar-refractivity contribution in [1.82, 2.24) is 18.7 Å². The molecule has 434 valence electrons. The van der Waals surface area contributed by atoms with Gasteiger partial charge in [-0.05, 0) is 129 Å². The van der Waals surface area contributed by atoms with Crippen LogP contribution in [0.2, 0.25) is 0 Å². The van der Waals surface area contributed by atoms with Crippen molar-refractivity contribution in [3.63, 3.8) is 0 Å². The van der Waals surface area contributed by atoms with Crippen LogP contribution in [0.25, 0.3) is 93.7 Å². The third kappa shape index (κ3) is 9.40. The van der Waals surface area contributed by atoms with Crippen LogP contribution in [-0.4, -0.2) is 25.7 Å². The average Bonchev–Trinajstić information content (AvgIpc) is 1.56. The van der Waals surface area contributed by atoms with Crippen molar-refractivity contribution in [3.05, 3.63) is 229 Å². The second-order valence-electron chi connectivity index (χ2n) is 27.7. The van der Waals surface area contributed by atoms with E-state index in [1.54, 1.807) is 0 Å². The minimum atomic E-state index is -0.0799. The van der Waals surface area contributed by atoms with E-state index in [-0.39, 0.29) is 42.7 Å². The van der Waals surface area contributed by atoms with Crippen LogP contribution in [-0.2, 0) is 42.7 Å². The van der Waals surface area contributed by atoms with Crippen molar-refractivity contribution >= 4 is 82.5 Å². The van der Waals surface area contributed by atoms with E-state index >= 15 is 0 Å². The van der Waals surface area contributed by atoms with Gasteiger partial charge < -0.3 is 28.2 Å². The van der Waals surface area contributed by atoms with Gasteiger partial charge in [0.05, 0.1) is 33.4 Å². The van der Waals surface area contributed by atoms with Gasteiger partial charge in [-0.25, -0.2) is 4.98 Å². The first-order valence-electron chi connectivity index (χ1n) is 29.9. The summed E-state index contributed by atoms with van der Waals surface area (Å²) < 4.78 is 14.1. The van der Waals surface area contributed by atoms with Crippen LogP contribution in [0.3, 0.4) is 0 Å². The van der Waals surface area contributed by atoms with Gasteiger partial charge in [0.15, 0.2) is 0 Å². The number of aromatic nitrogens is 4. The van der Waals surface area contributed by atoms with E-state index in [2.05, 4.69) is 303 Å². The standard InChI is InChI=1S/C78H73N6O.Pt/c1-48-39-73(84-63-24-16-15-23-56(63)61-38-33-55(45-72(61)84)85-54-22-19-21-53(44-54)81-47-80(14)64-25-17-18-26-65(64)81)79-46-62(48)74-66(82-68-40-49(75(2,3)4)29-34-57(68)58-35-30-50(41-69(58)82)76(5,6)7)27-20-28-67(74)83-70-42-51(77(8,9)10)31-36-59(70)60-37-32-52(43-71(60)83)78(11,12)13;/h15-43,46-47H,1-14H3;/q-3;. The van der Waals surface area contributed by atoms with Gasteiger partial charge in [0.2, 0.25) is 0 Å². The van der Waals surface area contributed by atoms with E-state index < -0.39 is 0 Å². The SMILES string of the molecule is Cc1cc(-n2c3[c-]c(Oc4[c-]c(N5[CH-]N(C)c6ccccc65)ccc4)ccc3c3ccccc32)ncc1-c1c(-n2c3cc(C(C)(C)C)ccc3c3ccc(C(C)(C)C)cc32)cccc1-n1c2cc(C(C)(C)C)ccc2c2ccc(C(C)(C)C)cc21.[Pt]. The molecular formula is C78H73N6OPt-3. The molecule has 0 fully saturated rings. The molecule has 13 aromatic rings. The van der Waals surface area contributed by atoms with Crippen molar-refractivity contribution in [3.8, 4) is 39.8 Å². The number of hydrogen-bond donors (Lipinski definition) is 0. The zero-order valence-corrected chi connectivity index (χ0v) is 54.1. The molecule has 0 unspecified atom stereocenters. The second-order valence-corrected chi connectivity index (χ2v) is 27.7. The Morgan fingerprint density at radius 2 is 0.860 bits per heavy atom. The summed E-state index contributed by atoms with van der Waals surface area (Å²) in [6.07, 6.45) is 2.13. The van der Waals surface area contributed by atoms with E-state index in [1.165, 1.54) is 65.9 Å². The Labute approximate surface area is 520 Å². The fraction of sp³-hybridized carbons (Fsp3) is 0.231. The van der Waals surface area contributed by atoms with Crippen LogP contribution in [0.15, 0.2) is 182 Å². The summed E-state index contributed by atoms with van der Waals surface area (Å²) in [7, 11) is 2.07. The van der Waals surface area contributed by atoms with Gasteiger partial charge in [0, 0.05) is 88.3 Å². The molecule has 0 bridgehead atoms. The van der Waals surface area contributed by atoms with Gasteiger partial charge in [-0.15, -0.1) is 41.4 Å². The number of ether oxygens (including phenoxy) is 1. The molecular weight excluding hydrogens is 1230 g/mol. The minimum Gasteiger partial charge on any atom is -0.509 e. The first-order chi connectivity index (χ1) is 40.5. The van der Waals surface area contributed by atoms with Gasteiger partial charge >= 0.3 is 0 Å². The Kier molecular flexibility index (Phi) is 13.4. The second kappa shape index (κ2) is 20.4. The fourth-order valence-electron chi connectivity index (χ4n) is 12.9. The van der Waals surface area contributed by atoms with Crippen molar-refractivity contribution in [2.75, 3.05) is 16.8 Å². The molecule has 0 radical (unpaired) electrons. The third-order valence-corrected chi connectivity index (χ3v) is 17.7. The Morgan fingerprint density at radius 1 is 0.419 bits per heavy atom. The molecule has 86 heavy (non-hydrogen) atoms. The molecule has 0 saturated heterocycles. The van der Waals surface area contributed by atoms with E-state index in [1.807, 2.05) is 18.2 Å². The summed E-state index contributed by atoms with van der Waals surface area (Å²) in [6.45, 7) is 32.1. The number of rotatable bonds is 7. The van der Waals surface area contributed by atoms with Gasteiger partial charge in [-0.3, -0.25) is 0 Å². The molecule has 0 aliphatic carbocycles. The van der Waals surface area contributed by atoms with Crippen LogP contribution in [0.4, 0.5) is 17.1 Å². The molecule has 4 aromatic heterocycles. The summed E-state index contributed by atoms with van der Waals surface area (Å²) >= 11 is 0. The van der Waals surface area contributed by atoms with Crippen molar-refractivity contribution in [2.45, 2.75) is 112 Å². The molecule has 7 nitrogen and oxygen atoms in total. The number of benzene rings is 9. The molecule has 0 atom stereocenters. The van der Waals surface area contributed by atoms with E-state index in [4.69, 9.17) is 9.72 Å². The van der Waals surface area contributed by atoms with Crippen molar-refractivity contribution in [1.29, 1.82) is 0 Å². The molecule has 0 amide bonds. The zero-order chi connectivity index (χ0) is 59.2. The van der Waals surface area contributed by atoms with Crippen LogP contribution >= 0.6 is 0 Å². The van der Waals surface area contributed by atoms with Crippen LogP contribution < -0.4 is 14.5 Å². The third-order valence-electron chi connectivity index (χ3n) is 17.7. The molecule has 8 heteroatoms. The Hall–Kier alpha value is -8.38. The van der Waals surface area contributed by atoms with E-state index in [0.717, 1.165) is 72.8 Å². The number of fused-ring (bicyclic) bond motifs is 10. The number of anilines is 3. The molecule has 5 heterocycles. The summed E-state index contributed by atoms with van der Waals surface area (Å²) in [5, 5.41) is 7.09. The van der Waals surface area contributed by atoms with Crippen LogP contribution in [0.5, 0.6) is 11.5 Å². The molecule has 0 N–H and O–H groups in total. The van der Waals surface area contributed by atoms with E-state index in [0.29, 0.717) is 11.5 Å². The van der Waals surface area contributed by atoms with Crippen LogP contribution in [0.1, 0.15) is 111 Å². The maximum atomic E-state index is 6.71. The summed E-state index contributed by atoms with van der Waals surface area (Å²) in [5.74, 6) is 1.98. The monoisotopic (exact) mass is 1300 g/mol. The number of para-hydroxylation sites is 3. The molecule has 1 aliphatic rings. The Morgan fingerprint density at radius 3 is 1.37 bits per heavy atom. The van der Waals surface area contributed by atoms with Gasteiger partial charge in [0.25, 0.3) is 0 Å². The summed E-state index contributed by atoms with van der Waals surface area (Å²) in [6, 6.07) is 72.2. The maximum Gasteiger partial charge on any atom is 0.135 e. The molecule has 1 aliphatic heterocycles. The van der Waals surface area contributed by atoms with Gasteiger partial charge in [0.1, 0.15) is 5.82 Å². The van der Waals surface area contributed by atoms with Crippen molar-refractivity contribution in [2.24, 2.45) is 0 Å². The summed E-state index contributed by atoms with van der Waals surface area (Å²) in [4.78, 5) is 9.87. The fourth-order valence-corrected chi connectivity index (χ4v) is 12.9. The van der Waals surface area contributed by atoms with E-state index in [9.17, 15) is 0 Å². The minimum absolute atomic E-state index is 0. The average molecular weight is 1310 g/mol. The normalized spacial score (nSPS) is 13.3. The molecule has 9 aromatic carbocycles. The largest absolute Gasteiger partial charge is 0.509 e. The molecule has 0 spiro atoms. The van der Waals surface area contributed by atoms with Crippen molar-refractivity contribution < 1.29 is 25.8 Å². The maximum absolute atomic E-state index is 6.71. The number of pyridine rings is 1. The Bertz CT molecular complexity index is 4560. The smallest absolute Gasteiger partial charge is 0.135 e. The number of aryl methyl sites for hydroxylation is 1.